The van der Waals surface area contributed by atoms with Crippen LogP contribution in [0.25, 0.3) is 0 Å². The summed E-state index contributed by atoms with van der Waals surface area (Å²) in [7, 11) is 1.43. The molecule has 1 unspecified atom stereocenters. The molecule has 1 rings (SSSR count). The summed E-state index contributed by atoms with van der Waals surface area (Å²) in [6.45, 7) is 0.206. The maximum absolute atomic E-state index is 11.6. The first-order chi connectivity index (χ1) is 9.11. The van der Waals surface area contributed by atoms with Gasteiger partial charge in [-0.1, -0.05) is 0 Å². The van der Waals surface area contributed by atoms with Crippen LogP contribution in [-0.4, -0.2) is 41.7 Å². The van der Waals surface area contributed by atoms with Crippen LogP contribution < -0.4 is 5.32 Å². The molecule has 0 radical (unpaired) electrons. The van der Waals surface area contributed by atoms with E-state index in [4.69, 9.17) is 9.84 Å². The third-order valence-corrected chi connectivity index (χ3v) is 2.65. The minimum Gasteiger partial charge on any atom is -0.481 e. The van der Waals surface area contributed by atoms with Crippen molar-refractivity contribution in [3.05, 3.63) is 30.1 Å². The maximum Gasteiger partial charge on any atom is 0.306 e. The van der Waals surface area contributed by atoms with Crippen molar-refractivity contribution in [2.45, 2.75) is 25.4 Å². The number of rotatable bonds is 8. The number of amides is 1. The topological polar surface area (TPSA) is 88.5 Å². The first kappa shape index (κ1) is 15.1. The fourth-order valence-electron chi connectivity index (χ4n) is 1.56. The minimum atomic E-state index is -0.946. The molecule has 6 heteroatoms. The molecule has 1 amide bonds. The molecule has 0 aliphatic heterocycles. The average Bonchev–Trinajstić information content (AvgIpc) is 2.42. The molecular formula is C13H18N2O4. The highest BCUT2D eigenvalue weighted by molar-refractivity contribution is 5.76. The second kappa shape index (κ2) is 8.20. The minimum absolute atomic E-state index is 0.121. The van der Waals surface area contributed by atoms with Crippen LogP contribution in [0.5, 0.6) is 0 Å². The lowest BCUT2D eigenvalue weighted by atomic mass is 10.1. The van der Waals surface area contributed by atoms with E-state index in [1.807, 2.05) is 12.1 Å². The van der Waals surface area contributed by atoms with Crippen LogP contribution in [0.4, 0.5) is 0 Å². The maximum atomic E-state index is 11.6. The van der Waals surface area contributed by atoms with E-state index >= 15 is 0 Å². The van der Waals surface area contributed by atoms with Crippen LogP contribution in [0.1, 0.15) is 18.4 Å². The van der Waals surface area contributed by atoms with Gasteiger partial charge in [-0.05, 0) is 24.1 Å². The Kier molecular flexibility index (Phi) is 6.52. The number of aliphatic carboxylic acids is 1. The summed E-state index contributed by atoms with van der Waals surface area (Å²) in [4.78, 5) is 26.0. The number of nitrogens with zero attached hydrogens (tertiary/aromatic N) is 1. The first-order valence-corrected chi connectivity index (χ1v) is 6.02. The van der Waals surface area contributed by atoms with Crippen molar-refractivity contribution in [3.63, 3.8) is 0 Å². The average molecular weight is 266 g/mol. The standard InChI is InChI=1S/C13H18N2O4/c1-19-11(8-13(17)18)9-15-12(16)3-2-10-4-6-14-7-5-10/h4-7,11H,2-3,8-9H2,1H3,(H,15,16)(H,17,18). The van der Waals surface area contributed by atoms with Crippen molar-refractivity contribution in [2.24, 2.45) is 0 Å². The van der Waals surface area contributed by atoms with Gasteiger partial charge in [0.25, 0.3) is 0 Å². The zero-order valence-corrected chi connectivity index (χ0v) is 10.8. The summed E-state index contributed by atoms with van der Waals surface area (Å²) < 4.78 is 4.97. The van der Waals surface area contributed by atoms with E-state index in [1.165, 1.54) is 7.11 Å². The predicted molar refractivity (Wildman–Crippen MR) is 68.6 cm³/mol. The zero-order chi connectivity index (χ0) is 14.1. The van der Waals surface area contributed by atoms with Gasteiger partial charge in [-0.3, -0.25) is 14.6 Å². The molecular weight excluding hydrogens is 248 g/mol. The Morgan fingerprint density at radius 3 is 2.68 bits per heavy atom. The highest BCUT2D eigenvalue weighted by Crippen LogP contribution is 2.01. The summed E-state index contributed by atoms with van der Waals surface area (Å²) in [6, 6.07) is 3.71. The second-order valence-corrected chi connectivity index (χ2v) is 4.12. The van der Waals surface area contributed by atoms with E-state index < -0.39 is 12.1 Å². The van der Waals surface area contributed by atoms with Crippen LogP contribution in [0.2, 0.25) is 0 Å². The van der Waals surface area contributed by atoms with Crippen LogP contribution in [-0.2, 0) is 20.7 Å². The molecule has 1 atom stereocenters. The van der Waals surface area contributed by atoms with Crippen molar-refractivity contribution in [2.75, 3.05) is 13.7 Å². The quantitative estimate of drug-likeness (QED) is 0.720. The van der Waals surface area contributed by atoms with Crippen molar-refractivity contribution in [3.8, 4) is 0 Å². The van der Waals surface area contributed by atoms with Gasteiger partial charge in [-0.25, -0.2) is 0 Å². The van der Waals surface area contributed by atoms with Crippen LogP contribution in [0.15, 0.2) is 24.5 Å². The number of ether oxygens (including phenoxy) is 1. The molecule has 0 aliphatic carbocycles. The number of hydrogen-bond donors (Lipinski definition) is 2. The Morgan fingerprint density at radius 2 is 2.11 bits per heavy atom. The van der Waals surface area contributed by atoms with Gasteiger partial charge in [-0.15, -0.1) is 0 Å². The van der Waals surface area contributed by atoms with Gasteiger partial charge in [-0.2, -0.15) is 0 Å². The molecule has 0 spiro atoms. The Balaban J connectivity index is 2.25. The Bertz CT molecular complexity index is 408. The van der Waals surface area contributed by atoms with E-state index in [0.29, 0.717) is 12.8 Å². The zero-order valence-electron chi connectivity index (χ0n) is 10.8. The van der Waals surface area contributed by atoms with Gasteiger partial charge < -0.3 is 15.2 Å². The predicted octanol–water partition coefficient (Wildman–Crippen LogP) is 0.620. The van der Waals surface area contributed by atoms with Crippen LogP contribution in [0.3, 0.4) is 0 Å². The number of carboxylic acid groups (broad SMARTS) is 1. The van der Waals surface area contributed by atoms with Gasteiger partial charge in [0.2, 0.25) is 5.91 Å². The smallest absolute Gasteiger partial charge is 0.306 e. The third-order valence-electron chi connectivity index (χ3n) is 2.65. The lowest BCUT2D eigenvalue weighted by molar-refractivity contribution is -0.140. The van der Waals surface area contributed by atoms with E-state index in [0.717, 1.165) is 5.56 Å². The molecule has 104 valence electrons. The molecule has 1 heterocycles. The fourth-order valence-corrected chi connectivity index (χ4v) is 1.56. The van der Waals surface area contributed by atoms with E-state index in [-0.39, 0.29) is 18.9 Å². The Hall–Kier alpha value is -1.95. The van der Waals surface area contributed by atoms with Crippen molar-refractivity contribution in [1.82, 2.24) is 10.3 Å². The Labute approximate surface area is 111 Å². The second-order valence-electron chi connectivity index (χ2n) is 4.12. The molecule has 0 fully saturated rings. The number of methoxy groups -OCH3 is 1. The van der Waals surface area contributed by atoms with Crippen LogP contribution >= 0.6 is 0 Å². The Morgan fingerprint density at radius 1 is 1.42 bits per heavy atom. The molecule has 6 nitrogen and oxygen atoms in total. The highest BCUT2D eigenvalue weighted by atomic mass is 16.5. The number of carbonyl (C=O) groups excluding carboxylic acids is 1. The summed E-state index contributed by atoms with van der Waals surface area (Å²) in [5, 5.41) is 11.3. The summed E-state index contributed by atoms with van der Waals surface area (Å²) >= 11 is 0. The molecule has 1 aromatic heterocycles. The van der Waals surface area contributed by atoms with Gasteiger partial charge >= 0.3 is 5.97 Å². The SMILES string of the molecule is COC(CNC(=O)CCc1ccncc1)CC(=O)O. The van der Waals surface area contributed by atoms with Crippen molar-refractivity contribution < 1.29 is 19.4 Å². The molecule has 0 aliphatic rings. The monoisotopic (exact) mass is 266 g/mol. The number of hydrogen-bond acceptors (Lipinski definition) is 4. The number of aromatic nitrogens is 1. The number of nitrogens with one attached hydrogen (secondary N) is 1. The molecule has 1 aromatic rings. The van der Waals surface area contributed by atoms with Gasteiger partial charge in [0.05, 0.1) is 12.5 Å². The number of pyridine rings is 1. The lowest BCUT2D eigenvalue weighted by Crippen LogP contribution is -2.34. The van der Waals surface area contributed by atoms with Crippen LogP contribution in [0, 0.1) is 0 Å². The summed E-state index contributed by atoms with van der Waals surface area (Å²) in [5.41, 5.74) is 1.04. The summed E-state index contributed by atoms with van der Waals surface area (Å²) in [6.07, 6.45) is 3.73. The van der Waals surface area contributed by atoms with Gasteiger partial charge in [0.1, 0.15) is 0 Å². The van der Waals surface area contributed by atoms with E-state index in [9.17, 15) is 9.59 Å². The molecule has 0 aromatic carbocycles. The van der Waals surface area contributed by atoms with Crippen molar-refractivity contribution in [1.29, 1.82) is 0 Å². The summed E-state index contributed by atoms with van der Waals surface area (Å²) in [5.74, 6) is -1.07. The van der Waals surface area contributed by atoms with Gasteiger partial charge in [0.15, 0.2) is 0 Å². The third kappa shape index (κ3) is 6.52. The molecule has 0 bridgehead atoms. The number of aryl methyl sites for hydroxylation is 1. The van der Waals surface area contributed by atoms with Crippen molar-refractivity contribution >= 4 is 11.9 Å². The normalized spacial score (nSPS) is 11.8. The highest BCUT2D eigenvalue weighted by Gasteiger charge is 2.13. The molecule has 0 saturated heterocycles. The molecule has 19 heavy (non-hydrogen) atoms. The number of carbonyl (C=O) groups is 2. The fraction of sp³-hybridized carbons (Fsp3) is 0.462. The molecule has 0 saturated carbocycles. The van der Waals surface area contributed by atoms with E-state index in [1.54, 1.807) is 12.4 Å². The number of carboxylic acids is 1. The van der Waals surface area contributed by atoms with Gasteiger partial charge in [0, 0.05) is 32.5 Å². The van der Waals surface area contributed by atoms with E-state index in [2.05, 4.69) is 10.3 Å². The largest absolute Gasteiger partial charge is 0.481 e. The molecule has 2 N–H and O–H groups in total. The first-order valence-electron chi connectivity index (χ1n) is 6.02. The lowest BCUT2D eigenvalue weighted by Gasteiger charge is -2.13.